The van der Waals surface area contributed by atoms with Crippen LogP contribution in [0.15, 0.2) is 30.8 Å². The van der Waals surface area contributed by atoms with Crippen LogP contribution in [-0.2, 0) is 10.2 Å². The molecule has 0 aliphatic rings. The van der Waals surface area contributed by atoms with Crippen molar-refractivity contribution in [2.24, 2.45) is 5.73 Å². The molecule has 0 heterocycles. The minimum atomic E-state index is -0.474. The zero-order valence-corrected chi connectivity index (χ0v) is 9.50. The lowest BCUT2D eigenvalue weighted by atomic mass is 9.86. The van der Waals surface area contributed by atoms with E-state index in [-0.39, 0.29) is 5.41 Å². The number of carbonyl (C=O) groups is 1. The first-order valence-electron chi connectivity index (χ1n) is 4.92. The SMILES string of the molecule is C=C(C(N)=O)c1ccc(C(C)(C)C)cc1. The zero-order chi connectivity index (χ0) is 11.6. The van der Waals surface area contributed by atoms with Gasteiger partial charge in [-0.1, -0.05) is 51.6 Å². The third-order valence-electron chi connectivity index (χ3n) is 2.40. The molecule has 0 saturated heterocycles. The van der Waals surface area contributed by atoms with E-state index in [1.165, 1.54) is 5.56 Å². The van der Waals surface area contributed by atoms with Crippen molar-refractivity contribution < 1.29 is 4.79 Å². The Labute approximate surface area is 90.8 Å². The fourth-order valence-electron chi connectivity index (χ4n) is 1.31. The zero-order valence-electron chi connectivity index (χ0n) is 9.50. The molecule has 0 aromatic heterocycles. The van der Waals surface area contributed by atoms with Gasteiger partial charge in [0, 0.05) is 5.57 Å². The van der Waals surface area contributed by atoms with E-state index >= 15 is 0 Å². The van der Waals surface area contributed by atoms with Gasteiger partial charge in [-0.3, -0.25) is 4.79 Å². The number of nitrogens with two attached hydrogens (primary N) is 1. The molecular weight excluding hydrogens is 186 g/mol. The van der Waals surface area contributed by atoms with E-state index < -0.39 is 5.91 Å². The summed E-state index contributed by atoms with van der Waals surface area (Å²) in [5, 5.41) is 0. The van der Waals surface area contributed by atoms with Crippen molar-refractivity contribution in [1.29, 1.82) is 0 Å². The third-order valence-corrected chi connectivity index (χ3v) is 2.40. The molecule has 0 saturated carbocycles. The second-order valence-electron chi connectivity index (χ2n) is 4.67. The van der Waals surface area contributed by atoms with Crippen molar-refractivity contribution in [3.63, 3.8) is 0 Å². The van der Waals surface area contributed by atoms with Crippen molar-refractivity contribution in [1.82, 2.24) is 0 Å². The first-order chi connectivity index (χ1) is 6.82. The summed E-state index contributed by atoms with van der Waals surface area (Å²) in [5.74, 6) is -0.474. The number of primary amides is 1. The molecule has 1 aromatic carbocycles. The first-order valence-corrected chi connectivity index (χ1v) is 4.92. The first kappa shape index (κ1) is 11.5. The molecule has 2 N–H and O–H groups in total. The van der Waals surface area contributed by atoms with Crippen molar-refractivity contribution >= 4 is 11.5 Å². The predicted molar refractivity (Wildman–Crippen MR) is 63.4 cm³/mol. The number of rotatable bonds is 2. The van der Waals surface area contributed by atoms with Crippen LogP contribution in [0.1, 0.15) is 31.9 Å². The van der Waals surface area contributed by atoms with Gasteiger partial charge >= 0.3 is 0 Å². The highest BCUT2D eigenvalue weighted by Crippen LogP contribution is 2.23. The lowest BCUT2D eigenvalue weighted by Gasteiger charge is -2.19. The molecule has 0 radical (unpaired) electrons. The van der Waals surface area contributed by atoms with Gasteiger partial charge in [-0.05, 0) is 16.5 Å². The standard InChI is InChI=1S/C13H17NO/c1-9(12(14)15)10-5-7-11(8-6-10)13(2,3)4/h5-8H,1H2,2-4H3,(H2,14,15). The van der Waals surface area contributed by atoms with E-state index in [2.05, 4.69) is 27.4 Å². The summed E-state index contributed by atoms with van der Waals surface area (Å²) in [4.78, 5) is 10.9. The summed E-state index contributed by atoms with van der Waals surface area (Å²) < 4.78 is 0. The number of hydrogen-bond donors (Lipinski definition) is 1. The molecule has 1 rings (SSSR count). The molecule has 1 amide bonds. The number of hydrogen-bond acceptors (Lipinski definition) is 1. The average molecular weight is 203 g/mol. The fraction of sp³-hybridized carbons (Fsp3) is 0.308. The number of carbonyl (C=O) groups excluding carboxylic acids is 1. The van der Waals surface area contributed by atoms with E-state index in [0.29, 0.717) is 5.57 Å². The summed E-state index contributed by atoms with van der Waals surface area (Å²) in [6.45, 7) is 10.1. The number of amides is 1. The fourth-order valence-corrected chi connectivity index (χ4v) is 1.31. The lowest BCUT2D eigenvalue weighted by Crippen LogP contribution is -2.13. The lowest BCUT2D eigenvalue weighted by molar-refractivity contribution is -0.112. The van der Waals surface area contributed by atoms with Gasteiger partial charge in [0.05, 0.1) is 0 Å². The second-order valence-corrected chi connectivity index (χ2v) is 4.67. The Balaban J connectivity index is 3.01. The number of benzene rings is 1. The van der Waals surface area contributed by atoms with Crippen molar-refractivity contribution in [2.75, 3.05) is 0 Å². The Hall–Kier alpha value is -1.57. The van der Waals surface area contributed by atoms with Crippen LogP contribution in [0.25, 0.3) is 5.57 Å². The third kappa shape index (κ3) is 2.69. The summed E-state index contributed by atoms with van der Waals surface area (Å²) in [6.07, 6.45) is 0. The minimum absolute atomic E-state index is 0.118. The summed E-state index contributed by atoms with van der Waals surface area (Å²) in [5.41, 5.74) is 7.64. The maximum atomic E-state index is 10.9. The van der Waals surface area contributed by atoms with Crippen LogP contribution in [-0.4, -0.2) is 5.91 Å². The average Bonchev–Trinajstić information content (AvgIpc) is 2.15. The van der Waals surface area contributed by atoms with Gasteiger partial charge in [-0.2, -0.15) is 0 Å². The minimum Gasteiger partial charge on any atom is -0.366 e. The highest BCUT2D eigenvalue weighted by molar-refractivity contribution is 6.17. The molecule has 2 heteroatoms. The summed E-state index contributed by atoms with van der Waals surface area (Å²) >= 11 is 0. The van der Waals surface area contributed by atoms with Crippen LogP contribution in [0.4, 0.5) is 0 Å². The molecule has 0 atom stereocenters. The largest absolute Gasteiger partial charge is 0.366 e. The van der Waals surface area contributed by atoms with Crippen LogP contribution >= 0.6 is 0 Å². The van der Waals surface area contributed by atoms with Gasteiger partial charge in [-0.25, -0.2) is 0 Å². The van der Waals surface area contributed by atoms with Crippen LogP contribution in [0.2, 0.25) is 0 Å². The highest BCUT2D eigenvalue weighted by atomic mass is 16.1. The van der Waals surface area contributed by atoms with E-state index in [0.717, 1.165) is 5.56 Å². The van der Waals surface area contributed by atoms with Crippen molar-refractivity contribution in [2.45, 2.75) is 26.2 Å². The Kier molecular flexibility index (Phi) is 2.98. The monoisotopic (exact) mass is 203 g/mol. The van der Waals surface area contributed by atoms with E-state index in [1.54, 1.807) is 0 Å². The van der Waals surface area contributed by atoms with Crippen molar-refractivity contribution in [3.8, 4) is 0 Å². The molecule has 0 spiro atoms. The molecule has 80 valence electrons. The van der Waals surface area contributed by atoms with Gasteiger partial charge in [0.1, 0.15) is 0 Å². The molecule has 2 nitrogen and oxygen atoms in total. The molecule has 0 aliphatic heterocycles. The highest BCUT2D eigenvalue weighted by Gasteiger charge is 2.13. The molecule has 15 heavy (non-hydrogen) atoms. The van der Waals surface area contributed by atoms with E-state index in [4.69, 9.17) is 5.73 Å². The molecule has 0 bridgehead atoms. The van der Waals surface area contributed by atoms with Gasteiger partial charge in [0.15, 0.2) is 0 Å². The predicted octanol–water partition coefficient (Wildman–Crippen LogP) is 2.48. The van der Waals surface area contributed by atoms with Crippen molar-refractivity contribution in [3.05, 3.63) is 42.0 Å². The Morgan fingerprint density at radius 2 is 1.67 bits per heavy atom. The van der Waals surface area contributed by atoms with Crippen LogP contribution in [0, 0.1) is 0 Å². The van der Waals surface area contributed by atoms with Gasteiger partial charge in [0.25, 0.3) is 0 Å². The maximum Gasteiger partial charge on any atom is 0.248 e. The Morgan fingerprint density at radius 1 is 1.20 bits per heavy atom. The molecular formula is C13H17NO. The van der Waals surface area contributed by atoms with Crippen LogP contribution < -0.4 is 5.73 Å². The maximum absolute atomic E-state index is 10.9. The van der Waals surface area contributed by atoms with Gasteiger partial charge < -0.3 is 5.73 Å². The van der Waals surface area contributed by atoms with Crippen LogP contribution in [0.3, 0.4) is 0 Å². The molecule has 0 unspecified atom stereocenters. The van der Waals surface area contributed by atoms with E-state index in [9.17, 15) is 4.79 Å². The van der Waals surface area contributed by atoms with E-state index in [1.807, 2.05) is 24.3 Å². The quantitative estimate of drug-likeness (QED) is 0.737. The second kappa shape index (κ2) is 3.89. The molecule has 0 aliphatic carbocycles. The Bertz CT molecular complexity index is 382. The van der Waals surface area contributed by atoms with Gasteiger partial charge in [-0.15, -0.1) is 0 Å². The smallest absolute Gasteiger partial charge is 0.248 e. The topological polar surface area (TPSA) is 43.1 Å². The Morgan fingerprint density at radius 3 is 2.00 bits per heavy atom. The van der Waals surface area contributed by atoms with Crippen LogP contribution in [0.5, 0.6) is 0 Å². The molecule has 0 fully saturated rings. The normalized spacial score (nSPS) is 11.1. The molecule has 1 aromatic rings. The summed E-state index contributed by atoms with van der Waals surface area (Å²) in [6, 6.07) is 7.77. The van der Waals surface area contributed by atoms with Gasteiger partial charge in [0.2, 0.25) is 5.91 Å². The summed E-state index contributed by atoms with van der Waals surface area (Å²) in [7, 11) is 0.